The first-order chi connectivity index (χ1) is 11.2. The van der Waals surface area contributed by atoms with Gasteiger partial charge in [0, 0.05) is 22.4 Å². The second-order valence-corrected chi connectivity index (χ2v) is 6.22. The molecular formula is C17H12BrFN4. The van der Waals surface area contributed by atoms with Crippen molar-refractivity contribution in [3.63, 3.8) is 0 Å². The van der Waals surface area contributed by atoms with Crippen molar-refractivity contribution in [3.05, 3.63) is 69.8 Å². The topological polar surface area (TPSA) is 43.1 Å². The Kier molecular flexibility index (Phi) is 3.53. The molecule has 4 nitrogen and oxygen atoms in total. The van der Waals surface area contributed by atoms with Gasteiger partial charge in [0.1, 0.15) is 0 Å². The van der Waals surface area contributed by atoms with E-state index >= 15 is 0 Å². The van der Waals surface area contributed by atoms with E-state index in [4.69, 9.17) is 0 Å². The van der Waals surface area contributed by atoms with Crippen LogP contribution in [0.4, 0.5) is 4.39 Å². The van der Waals surface area contributed by atoms with Crippen molar-refractivity contribution in [2.75, 3.05) is 0 Å². The highest BCUT2D eigenvalue weighted by Gasteiger charge is 2.23. The molecule has 1 aliphatic heterocycles. The van der Waals surface area contributed by atoms with Gasteiger partial charge < -0.3 is 0 Å². The second kappa shape index (κ2) is 5.70. The predicted molar refractivity (Wildman–Crippen MR) is 90.0 cm³/mol. The molecule has 0 unspecified atom stereocenters. The molecule has 1 aromatic carbocycles. The van der Waals surface area contributed by atoms with Gasteiger partial charge >= 0.3 is 0 Å². The number of fused-ring (bicyclic) bond motifs is 1. The number of hydrogen-bond acceptors (Lipinski definition) is 3. The van der Waals surface area contributed by atoms with Crippen molar-refractivity contribution in [1.29, 1.82) is 0 Å². The van der Waals surface area contributed by atoms with Gasteiger partial charge in [0.25, 0.3) is 0 Å². The predicted octanol–water partition coefficient (Wildman–Crippen LogP) is 3.83. The van der Waals surface area contributed by atoms with Crippen molar-refractivity contribution in [1.82, 2.24) is 14.8 Å². The molecule has 1 aliphatic rings. The lowest BCUT2D eigenvalue weighted by Gasteiger charge is -2.10. The number of halogens is 2. The summed E-state index contributed by atoms with van der Waals surface area (Å²) in [5.74, 6) is -0.494. The number of nitrogens with zero attached hydrogens (tertiary/aromatic N) is 4. The van der Waals surface area contributed by atoms with Crippen molar-refractivity contribution in [2.24, 2.45) is 4.99 Å². The lowest BCUT2D eigenvalue weighted by molar-refractivity contribution is 0.583. The van der Waals surface area contributed by atoms with Crippen molar-refractivity contribution in [2.45, 2.75) is 13.1 Å². The van der Waals surface area contributed by atoms with E-state index in [-0.39, 0.29) is 0 Å². The minimum atomic E-state index is -0.494. The van der Waals surface area contributed by atoms with E-state index in [1.165, 1.54) is 6.20 Å². The first kappa shape index (κ1) is 14.3. The van der Waals surface area contributed by atoms with Gasteiger partial charge in [-0.2, -0.15) is 9.49 Å². The molecule has 2 aromatic heterocycles. The van der Waals surface area contributed by atoms with Crippen LogP contribution in [-0.4, -0.2) is 21.0 Å². The van der Waals surface area contributed by atoms with Gasteiger partial charge in [-0.05, 0) is 29.8 Å². The molecule has 0 radical (unpaired) electrons. The standard InChI is InChI=1S/C17H12BrFN4/c18-12-4-1-3-11(7-12)10-23-16(13-5-2-6-21-17(13)19)14-8-20-9-15(14)22-23/h1-8H,9-10H2. The largest absolute Gasteiger partial charge is 0.286 e. The van der Waals surface area contributed by atoms with Crippen molar-refractivity contribution >= 4 is 22.1 Å². The minimum Gasteiger partial charge on any atom is -0.286 e. The molecule has 4 rings (SSSR count). The van der Waals surface area contributed by atoms with Crippen LogP contribution in [0.25, 0.3) is 11.3 Å². The minimum absolute atomic E-state index is 0.449. The van der Waals surface area contributed by atoms with E-state index in [9.17, 15) is 4.39 Å². The third kappa shape index (κ3) is 2.59. The molecule has 0 aliphatic carbocycles. The molecule has 0 saturated heterocycles. The molecule has 23 heavy (non-hydrogen) atoms. The van der Waals surface area contributed by atoms with Crippen molar-refractivity contribution in [3.8, 4) is 11.3 Å². The monoisotopic (exact) mass is 370 g/mol. The van der Waals surface area contributed by atoms with Gasteiger partial charge in [0.2, 0.25) is 5.95 Å². The number of aromatic nitrogens is 3. The van der Waals surface area contributed by atoms with Crippen LogP contribution < -0.4 is 0 Å². The lowest BCUT2D eigenvalue weighted by Crippen LogP contribution is -2.06. The summed E-state index contributed by atoms with van der Waals surface area (Å²) in [7, 11) is 0. The average Bonchev–Trinajstić information content (AvgIpc) is 3.09. The molecule has 3 aromatic rings. The summed E-state index contributed by atoms with van der Waals surface area (Å²) in [4.78, 5) is 8.00. The van der Waals surface area contributed by atoms with Crippen LogP contribution in [0.3, 0.4) is 0 Å². The highest BCUT2D eigenvalue weighted by molar-refractivity contribution is 9.10. The summed E-state index contributed by atoms with van der Waals surface area (Å²) in [5.41, 5.74) is 4.02. The Morgan fingerprint density at radius 3 is 2.96 bits per heavy atom. The maximum atomic E-state index is 14.2. The van der Waals surface area contributed by atoms with Gasteiger partial charge in [-0.25, -0.2) is 4.98 Å². The molecule has 0 N–H and O–H groups in total. The second-order valence-electron chi connectivity index (χ2n) is 5.31. The Labute approximate surface area is 140 Å². The maximum absolute atomic E-state index is 14.2. The fourth-order valence-electron chi connectivity index (χ4n) is 2.77. The molecule has 6 heteroatoms. The lowest BCUT2D eigenvalue weighted by atomic mass is 10.1. The van der Waals surface area contributed by atoms with Crippen LogP contribution in [0.2, 0.25) is 0 Å². The first-order valence-corrected chi connectivity index (χ1v) is 7.96. The molecular weight excluding hydrogens is 359 g/mol. The van der Waals surface area contributed by atoms with E-state index in [0.29, 0.717) is 18.7 Å². The maximum Gasteiger partial charge on any atom is 0.222 e. The number of aliphatic imine (C=N–C) groups is 1. The molecule has 0 spiro atoms. The summed E-state index contributed by atoms with van der Waals surface area (Å²) in [6, 6.07) is 11.5. The number of benzene rings is 1. The summed E-state index contributed by atoms with van der Waals surface area (Å²) >= 11 is 3.47. The quantitative estimate of drug-likeness (QED) is 0.657. The fraction of sp³-hybridized carbons (Fsp3) is 0.118. The van der Waals surface area contributed by atoms with E-state index in [2.05, 4.69) is 31.0 Å². The van der Waals surface area contributed by atoms with Crippen LogP contribution in [0.1, 0.15) is 16.8 Å². The molecule has 0 saturated carbocycles. The Morgan fingerprint density at radius 1 is 1.22 bits per heavy atom. The Bertz CT molecular complexity index is 917. The van der Waals surface area contributed by atoms with Crippen LogP contribution >= 0.6 is 15.9 Å². The molecule has 3 heterocycles. The first-order valence-electron chi connectivity index (χ1n) is 7.17. The summed E-state index contributed by atoms with van der Waals surface area (Å²) in [5, 5.41) is 4.62. The summed E-state index contributed by atoms with van der Waals surface area (Å²) < 4.78 is 17.0. The Hall–Kier alpha value is -2.34. The third-order valence-electron chi connectivity index (χ3n) is 3.76. The Balaban J connectivity index is 1.85. The van der Waals surface area contributed by atoms with Crippen LogP contribution in [0.15, 0.2) is 52.1 Å². The van der Waals surface area contributed by atoms with Gasteiger partial charge in [0.05, 0.1) is 30.0 Å². The van der Waals surface area contributed by atoms with E-state index in [1.54, 1.807) is 18.3 Å². The summed E-state index contributed by atoms with van der Waals surface area (Å²) in [6.07, 6.45) is 3.21. The molecule has 0 amide bonds. The van der Waals surface area contributed by atoms with E-state index in [1.807, 2.05) is 28.9 Å². The zero-order chi connectivity index (χ0) is 15.8. The number of hydrogen-bond donors (Lipinski definition) is 0. The average molecular weight is 371 g/mol. The zero-order valence-corrected chi connectivity index (χ0v) is 13.7. The van der Waals surface area contributed by atoms with Crippen LogP contribution in [-0.2, 0) is 13.1 Å². The SMILES string of the molecule is Fc1ncccc1-c1c2c(nn1Cc1cccc(Br)c1)CN=C2. The van der Waals surface area contributed by atoms with Crippen LogP contribution in [0.5, 0.6) is 0 Å². The highest BCUT2D eigenvalue weighted by atomic mass is 79.9. The molecule has 0 fully saturated rings. The van der Waals surface area contributed by atoms with Gasteiger partial charge in [-0.1, -0.05) is 28.1 Å². The van der Waals surface area contributed by atoms with Gasteiger partial charge in [-0.15, -0.1) is 0 Å². The van der Waals surface area contributed by atoms with Gasteiger partial charge in [0.15, 0.2) is 0 Å². The fourth-order valence-corrected chi connectivity index (χ4v) is 3.22. The molecule has 0 bridgehead atoms. The number of rotatable bonds is 3. The highest BCUT2D eigenvalue weighted by Crippen LogP contribution is 2.30. The van der Waals surface area contributed by atoms with E-state index in [0.717, 1.165) is 27.0 Å². The van der Waals surface area contributed by atoms with Crippen LogP contribution in [0, 0.1) is 5.95 Å². The third-order valence-corrected chi connectivity index (χ3v) is 4.26. The summed E-state index contributed by atoms with van der Waals surface area (Å²) in [6.45, 7) is 1.10. The van der Waals surface area contributed by atoms with E-state index < -0.39 is 5.95 Å². The molecule has 0 atom stereocenters. The normalized spacial score (nSPS) is 12.6. The van der Waals surface area contributed by atoms with Crippen molar-refractivity contribution < 1.29 is 4.39 Å². The smallest absolute Gasteiger partial charge is 0.222 e. The Morgan fingerprint density at radius 2 is 2.13 bits per heavy atom. The zero-order valence-electron chi connectivity index (χ0n) is 12.1. The number of pyridine rings is 1. The van der Waals surface area contributed by atoms with Gasteiger partial charge in [-0.3, -0.25) is 9.67 Å². The molecule has 114 valence electrons.